The number of amides is 2. The van der Waals surface area contributed by atoms with E-state index in [1.54, 1.807) is 13.0 Å². The van der Waals surface area contributed by atoms with Crippen LogP contribution in [-0.4, -0.2) is 17.2 Å². The lowest BCUT2D eigenvalue weighted by Gasteiger charge is -2.29. The highest BCUT2D eigenvalue weighted by Crippen LogP contribution is 2.23. The van der Waals surface area contributed by atoms with Crippen molar-refractivity contribution in [1.29, 1.82) is 0 Å². The van der Waals surface area contributed by atoms with Crippen LogP contribution >= 0.6 is 0 Å². The summed E-state index contributed by atoms with van der Waals surface area (Å²) in [6.07, 6.45) is 4.71. The maximum absolute atomic E-state index is 11.7. The molecule has 0 aromatic carbocycles. The summed E-state index contributed by atoms with van der Waals surface area (Å²) in [7, 11) is 0. The Morgan fingerprint density at radius 2 is 2.24 bits per heavy atom. The van der Waals surface area contributed by atoms with E-state index in [2.05, 4.69) is 22.7 Å². The molecule has 1 aromatic rings. The summed E-state index contributed by atoms with van der Waals surface area (Å²) < 4.78 is 4.88. The molecule has 0 aliphatic heterocycles. The van der Waals surface area contributed by atoms with Crippen LogP contribution in [-0.2, 0) is 0 Å². The van der Waals surface area contributed by atoms with E-state index in [9.17, 15) is 4.79 Å². The van der Waals surface area contributed by atoms with Gasteiger partial charge in [-0.1, -0.05) is 24.9 Å². The average Bonchev–Trinajstić information content (AvgIpc) is 2.67. The minimum absolute atomic E-state index is 0.197. The smallest absolute Gasteiger partial charge is 0.320 e. The van der Waals surface area contributed by atoms with Crippen LogP contribution in [0.1, 0.15) is 38.4 Å². The van der Waals surface area contributed by atoms with Gasteiger partial charge in [0.05, 0.1) is 0 Å². The highest BCUT2D eigenvalue weighted by molar-refractivity contribution is 5.88. The van der Waals surface area contributed by atoms with Crippen LogP contribution in [0, 0.1) is 12.8 Å². The summed E-state index contributed by atoms with van der Waals surface area (Å²) in [4.78, 5) is 11.7. The molecule has 94 valence electrons. The number of hydrogen-bond donors (Lipinski definition) is 2. The second kappa shape index (κ2) is 5.21. The molecule has 2 N–H and O–H groups in total. The molecule has 1 fully saturated rings. The number of anilines is 1. The number of aromatic nitrogens is 1. The maximum atomic E-state index is 11.7. The normalized spacial score (nSPS) is 24.4. The Morgan fingerprint density at radius 1 is 1.47 bits per heavy atom. The third-order valence-corrected chi connectivity index (χ3v) is 3.30. The SMILES string of the molecule is Cc1cc(NC(=O)N[C@@H]2CCCC[C@@H]2C)no1. The molecule has 2 atom stereocenters. The zero-order valence-corrected chi connectivity index (χ0v) is 10.3. The van der Waals surface area contributed by atoms with E-state index in [-0.39, 0.29) is 12.1 Å². The Kier molecular flexibility index (Phi) is 3.66. The van der Waals surface area contributed by atoms with Crippen LogP contribution < -0.4 is 10.6 Å². The van der Waals surface area contributed by atoms with Gasteiger partial charge in [0.2, 0.25) is 0 Å². The second-order valence-corrected chi connectivity index (χ2v) is 4.79. The van der Waals surface area contributed by atoms with E-state index in [1.165, 1.54) is 19.3 Å². The topological polar surface area (TPSA) is 67.2 Å². The number of nitrogens with zero attached hydrogens (tertiary/aromatic N) is 1. The highest BCUT2D eigenvalue weighted by Gasteiger charge is 2.22. The van der Waals surface area contributed by atoms with Gasteiger partial charge >= 0.3 is 6.03 Å². The fraction of sp³-hybridized carbons (Fsp3) is 0.667. The number of rotatable bonds is 2. The van der Waals surface area contributed by atoms with E-state index in [0.717, 1.165) is 6.42 Å². The standard InChI is InChI=1S/C12H19N3O2/c1-8-5-3-4-6-10(8)13-12(16)14-11-7-9(2)17-15-11/h7-8,10H,3-6H2,1-2H3,(H2,13,14,15,16)/t8-,10+/m0/s1. The predicted octanol–water partition coefficient (Wildman–Crippen LogP) is 2.68. The van der Waals surface area contributed by atoms with Crippen LogP contribution in [0.5, 0.6) is 0 Å². The van der Waals surface area contributed by atoms with Gasteiger partial charge in [0.15, 0.2) is 5.82 Å². The number of urea groups is 1. The molecule has 0 radical (unpaired) electrons. The van der Waals surface area contributed by atoms with E-state index in [0.29, 0.717) is 17.5 Å². The van der Waals surface area contributed by atoms with Crippen LogP contribution in [0.4, 0.5) is 10.6 Å². The third-order valence-electron chi connectivity index (χ3n) is 3.30. The third kappa shape index (κ3) is 3.22. The zero-order valence-electron chi connectivity index (χ0n) is 10.3. The molecule has 2 amide bonds. The average molecular weight is 237 g/mol. The van der Waals surface area contributed by atoms with Crippen LogP contribution in [0.15, 0.2) is 10.6 Å². The molecule has 17 heavy (non-hydrogen) atoms. The van der Waals surface area contributed by atoms with E-state index < -0.39 is 0 Å². The van der Waals surface area contributed by atoms with Gasteiger partial charge in [-0.3, -0.25) is 5.32 Å². The molecular formula is C12H19N3O2. The van der Waals surface area contributed by atoms with Gasteiger partial charge < -0.3 is 9.84 Å². The zero-order chi connectivity index (χ0) is 12.3. The van der Waals surface area contributed by atoms with Gasteiger partial charge in [0, 0.05) is 12.1 Å². The van der Waals surface area contributed by atoms with E-state index in [1.807, 2.05) is 0 Å². The van der Waals surface area contributed by atoms with Crippen molar-refractivity contribution in [3.05, 3.63) is 11.8 Å². The summed E-state index contributed by atoms with van der Waals surface area (Å²) in [5.41, 5.74) is 0. The van der Waals surface area contributed by atoms with Crippen molar-refractivity contribution in [3.8, 4) is 0 Å². The lowest BCUT2D eigenvalue weighted by molar-refractivity contribution is 0.232. The Morgan fingerprint density at radius 3 is 2.88 bits per heavy atom. The summed E-state index contributed by atoms with van der Waals surface area (Å²) in [6, 6.07) is 1.78. The summed E-state index contributed by atoms with van der Waals surface area (Å²) in [5.74, 6) is 1.70. The van der Waals surface area contributed by atoms with Crippen LogP contribution in [0.2, 0.25) is 0 Å². The quantitative estimate of drug-likeness (QED) is 0.831. The summed E-state index contributed by atoms with van der Waals surface area (Å²) >= 11 is 0. The number of aryl methyl sites for hydroxylation is 1. The molecule has 1 aliphatic carbocycles. The first kappa shape index (κ1) is 12.0. The van der Waals surface area contributed by atoms with Crippen molar-refractivity contribution in [2.24, 2.45) is 5.92 Å². The first-order valence-electron chi connectivity index (χ1n) is 6.16. The molecule has 1 aromatic heterocycles. The molecule has 0 saturated heterocycles. The Hall–Kier alpha value is -1.52. The summed E-state index contributed by atoms with van der Waals surface area (Å²) in [6.45, 7) is 3.98. The van der Waals surface area contributed by atoms with Crippen LogP contribution in [0.25, 0.3) is 0 Å². The van der Waals surface area contributed by atoms with Gasteiger partial charge in [-0.25, -0.2) is 4.79 Å². The molecule has 0 unspecified atom stereocenters. The minimum atomic E-state index is -0.197. The van der Waals surface area contributed by atoms with E-state index >= 15 is 0 Å². The number of hydrogen-bond acceptors (Lipinski definition) is 3. The fourth-order valence-corrected chi connectivity index (χ4v) is 2.28. The van der Waals surface area contributed by atoms with Crippen molar-refractivity contribution in [3.63, 3.8) is 0 Å². The molecule has 5 heteroatoms. The molecule has 5 nitrogen and oxygen atoms in total. The van der Waals surface area contributed by atoms with Crippen molar-refractivity contribution >= 4 is 11.8 Å². The Balaban J connectivity index is 1.84. The first-order valence-corrected chi connectivity index (χ1v) is 6.16. The Labute approximate surface area is 101 Å². The van der Waals surface area contributed by atoms with Gasteiger partial charge in [-0.05, 0) is 25.7 Å². The van der Waals surface area contributed by atoms with E-state index in [4.69, 9.17) is 4.52 Å². The summed E-state index contributed by atoms with van der Waals surface area (Å²) in [5, 5.41) is 9.39. The molecule has 1 aliphatic rings. The van der Waals surface area contributed by atoms with Gasteiger partial charge in [0.25, 0.3) is 0 Å². The monoisotopic (exact) mass is 237 g/mol. The molecule has 0 bridgehead atoms. The molecule has 1 saturated carbocycles. The molecule has 0 spiro atoms. The highest BCUT2D eigenvalue weighted by atomic mass is 16.5. The second-order valence-electron chi connectivity index (χ2n) is 4.79. The minimum Gasteiger partial charge on any atom is -0.360 e. The largest absolute Gasteiger partial charge is 0.360 e. The number of nitrogens with one attached hydrogen (secondary N) is 2. The van der Waals surface area contributed by atoms with Crippen LogP contribution in [0.3, 0.4) is 0 Å². The van der Waals surface area contributed by atoms with Crippen molar-refractivity contribution in [1.82, 2.24) is 10.5 Å². The first-order chi connectivity index (χ1) is 8.15. The predicted molar refractivity (Wildman–Crippen MR) is 64.8 cm³/mol. The number of carbonyl (C=O) groups excluding carboxylic acids is 1. The molecule has 1 heterocycles. The fourth-order valence-electron chi connectivity index (χ4n) is 2.28. The van der Waals surface area contributed by atoms with Gasteiger partial charge in [-0.2, -0.15) is 0 Å². The van der Waals surface area contributed by atoms with Crippen molar-refractivity contribution < 1.29 is 9.32 Å². The molecular weight excluding hydrogens is 218 g/mol. The molecule has 2 rings (SSSR count). The van der Waals surface area contributed by atoms with Gasteiger partial charge in [-0.15, -0.1) is 0 Å². The van der Waals surface area contributed by atoms with Crippen molar-refractivity contribution in [2.45, 2.75) is 45.6 Å². The van der Waals surface area contributed by atoms with Crippen molar-refractivity contribution in [2.75, 3.05) is 5.32 Å². The maximum Gasteiger partial charge on any atom is 0.320 e. The Bertz CT molecular complexity index is 389. The lowest BCUT2D eigenvalue weighted by atomic mass is 9.86. The lowest BCUT2D eigenvalue weighted by Crippen LogP contribution is -2.43. The number of carbonyl (C=O) groups is 1. The van der Waals surface area contributed by atoms with Gasteiger partial charge in [0.1, 0.15) is 5.76 Å².